The summed E-state index contributed by atoms with van der Waals surface area (Å²) in [6.45, 7) is 0. The molecule has 2 rings (SSSR count). The van der Waals surface area contributed by atoms with Crippen molar-refractivity contribution in [3.63, 3.8) is 0 Å². The number of rotatable bonds is 2. The third kappa shape index (κ3) is 3.40. The van der Waals surface area contributed by atoms with Gasteiger partial charge in [0.25, 0.3) is 0 Å². The summed E-state index contributed by atoms with van der Waals surface area (Å²) in [7, 11) is 0. The minimum Gasteiger partial charge on any atom is -0.166 e. The molecular formula is C14H8Cl3F3. The molecule has 0 aliphatic rings. The van der Waals surface area contributed by atoms with Crippen molar-refractivity contribution in [2.24, 2.45) is 0 Å². The lowest BCUT2D eigenvalue weighted by atomic mass is 10.0. The van der Waals surface area contributed by atoms with Crippen molar-refractivity contribution in [2.45, 2.75) is 11.6 Å². The molecule has 0 aliphatic heterocycles. The van der Waals surface area contributed by atoms with Gasteiger partial charge in [-0.05, 0) is 35.4 Å². The van der Waals surface area contributed by atoms with Crippen LogP contribution in [-0.2, 0) is 6.18 Å². The lowest BCUT2D eigenvalue weighted by Gasteiger charge is -2.13. The monoisotopic (exact) mass is 338 g/mol. The Morgan fingerprint density at radius 2 is 1.35 bits per heavy atom. The average Bonchev–Trinajstić information content (AvgIpc) is 2.40. The average molecular weight is 340 g/mol. The van der Waals surface area contributed by atoms with E-state index in [0.717, 1.165) is 12.1 Å². The Labute approximate surface area is 129 Å². The molecule has 2 aromatic carbocycles. The van der Waals surface area contributed by atoms with Crippen LogP contribution in [0, 0.1) is 0 Å². The van der Waals surface area contributed by atoms with Gasteiger partial charge in [0.1, 0.15) is 0 Å². The highest BCUT2D eigenvalue weighted by atomic mass is 35.5. The second-order valence-corrected chi connectivity index (χ2v) is 5.41. The van der Waals surface area contributed by atoms with Crippen molar-refractivity contribution in [1.29, 1.82) is 0 Å². The van der Waals surface area contributed by atoms with Crippen LogP contribution in [0.2, 0.25) is 10.0 Å². The van der Waals surface area contributed by atoms with Gasteiger partial charge in [0.2, 0.25) is 0 Å². The van der Waals surface area contributed by atoms with Crippen LogP contribution in [0.15, 0.2) is 42.5 Å². The van der Waals surface area contributed by atoms with Crippen LogP contribution in [0.3, 0.4) is 0 Å². The fourth-order valence-corrected chi connectivity index (χ4v) is 2.29. The van der Waals surface area contributed by atoms with Gasteiger partial charge in [0.15, 0.2) is 0 Å². The summed E-state index contributed by atoms with van der Waals surface area (Å²) in [6, 6.07) is 9.58. The van der Waals surface area contributed by atoms with E-state index in [2.05, 4.69) is 0 Å². The van der Waals surface area contributed by atoms with Gasteiger partial charge < -0.3 is 0 Å². The maximum Gasteiger partial charge on any atom is 0.416 e. The summed E-state index contributed by atoms with van der Waals surface area (Å²) >= 11 is 17.9. The molecule has 0 bridgehead atoms. The molecule has 0 fully saturated rings. The predicted molar refractivity (Wildman–Crippen MR) is 75.6 cm³/mol. The second kappa shape index (κ2) is 5.84. The summed E-state index contributed by atoms with van der Waals surface area (Å²) in [4.78, 5) is 0. The van der Waals surface area contributed by atoms with E-state index in [9.17, 15) is 13.2 Å². The molecule has 106 valence electrons. The van der Waals surface area contributed by atoms with E-state index in [1.165, 1.54) is 12.1 Å². The highest BCUT2D eigenvalue weighted by Gasteiger charge is 2.30. The largest absolute Gasteiger partial charge is 0.416 e. The van der Waals surface area contributed by atoms with Gasteiger partial charge in [-0.15, -0.1) is 11.6 Å². The SMILES string of the molecule is FC(F)(F)c1ccc(C(Cl)c2ccc(Cl)c(Cl)c2)cc1. The lowest BCUT2D eigenvalue weighted by Crippen LogP contribution is -2.05. The summed E-state index contributed by atoms with van der Waals surface area (Å²) in [5.41, 5.74) is 0.512. The van der Waals surface area contributed by atoms with Crippen molar-refractivity contribution in [3.8, 4) is 0 Å². The molecular weight excluding hydrogens is 332 g/mol. The van der Waals surface area contributed by atoms with Gasteiger partial charge in [-0.2, -0.15) is 13.2 Å². The van der Waals surface area contributed by atoms with E-state index in [0.29, 0.717) is 21.2 Å². The summed E-state index contributed by atoms with van der Waals surface area (Å²) in [5, 5.41) is 0.153. The highest BCUT2D eigenvalue weighted by Crippen LogP contribution is 2.35. The number of alkyl halides is 4. The van der Waals surface area contributed by atoms with Gasteiger partial charge >= 0.3 is 6.18 Å². The molecule has 0 nitrogen and oxygen atoms in total. The smallest absolute Gasteiger partial charge is 0.166 e. The van der Waals surface area contributed by atoms with E-state index >= 15 is 0 Å². The van der Waals surface area contributed by atoms with E-state index in [1.807, 2.05) is 0 Å². The fourth-order valence-electron chi connectivity index (χ4n) is 1.70. The van der Waals surface area contributed by atoms with Gasteiger partial charge in [0.05, 0.1) is 21.0 Å². The normalized spacial score (nSPS) is 13.3. The first-order valence-corrected chi connectivity index (χ1v) is 6.74. The van der Waals surface area contributed by atoms with Gasteiger partial charge in [-0.1, -0.05) is 41.4 Å². The van der Waals surface area contributed by atoms with E-state index in [-0.39, 0.29) is 0 Å². The highest BCUT2D eigenvalue weighted by molar-refractivity contribution is 6.42. The number of halogens is 6. The zero-order valence-electron chi connectivity index (χ0n) is 9.89. The minimum absolute atomic E-state index is 0.349. The van der Waals surface area contributed by atoms with E-state index in [4.69, 9.17) is 34.8 Å². The molecule has 0 aliphatic carbocycles. The first-order chi connectivity index (χ1) is 9.29. The van der Waals surface area contributed by atoms with Gasteiger partial charge in [0, 0.05) is 0 Å². The van der Waals surface area contributed by atoms with Crippen molar-refractivity contribution in [2.75, 3.05) is 0 Å². The molecule has 6 heteroatoms. The quantitative estimate of drug-likeness (QED) is 0.560. The Kier molecular flexibility index (Phi) is 4.52. The van der Waals surface area contributed by atoms with Gasteiger partial charge in [-0.25, -0.2) is 0 Å². The van der Waals surface area contributed by atoms with E-state index in [1.54, 1.807) is 18.2 Å². The standard InChI is InChI=1S/C14H8Cl3F3/c15-11-6-3-9(7-12(11)16)13(17)8-1-4-10(5-2-8)14(18,19)20/h1-7,13H. The van der Waals surface area contributed by atoms with Crippen LogP contribution in [-0.4, -0.2) is 0 Å². The Bertz CT molecular complexity index is 606. The molecule has 0 aromatic heterocycles. The first kappa shape index (κ1) is 15.5. The van der Waals surface area contributed by atoms with Crippen molar-refractivity contribution in [3.05, 3.63) is 69.2 Å². The molecule has 0 saturated carbocycles. The Morgan fingerprint density at radius 3 is 1.85 bits per heavy atom. The Balaban J connectivity index is 2.29. The Morgan fingerprint density at radius 1 is 0.800 bits per heavy atom. The van der Waals surface area contributed by atoms with Crippen LogP contribution in [0.25, 0.3) is 0 Å². The van der Waals surface area contributed by atoms with E-state index < -0.39 is 17.1 Å². The van der Waals surface area contributed by atoms with Crippen LogP contribution in [0.4, 0.5) is 13.2 Å². The molecule has 1 unspecified atom stereocenters. The molecule has 0 N–H and O–H groups in total. The second-order valence-electron chi connectivity index (χ2n) is 4.16. The zero-order chi connectivity index (χ0) is 14.9. The van der Waals surface area contributed by atoms with Crippen molar-refractivity contribution >= 4 is 34.8 Å². The minimum atomic E-state index is -4.36. The van der Waals surface area contributed by atoms with Gasteiger partial charge in [-0.3, -0.25) is 0 Å². The summed E-state index contributed by atoms with van der Waals surface area (Å²) < 4.78 is 37.4. The molecule has 1 atom stereocenters. The lowest BCUT2D eigenvalue weighted by molar-refractivity contribution is -0.137. The Hall–Kier alpha value is -0.900. The van der Waals surface area contributed by atoms with Crippen molar-refractivity contribution < 1.29 is 13.2 Å². The first-order valence-electron chi connectivity index (χ1n) is 5.55. The summed E-state index contributed by atoms with van der Waals surface area (Å²) in [6.07, 6.45) is -4.36. The third-order valence-corrected chi connectivity index (χ3v) is 4.01. The molecule has 0 amide bonds. The molecule has 2 aromatic rings. The predicted octanol–water partition coefficient (Wildman–Crippen LogP) is 6.34. The summed E-state index contributed by atoms with van der Waals surface area (Å²) in [5.74, 6) is 0. The molecule has 0 saturated heterocycles. The number of hydrogen-bond acceptors (Lipinski definition) is 0. The topological polar surface area (TPSA) is 0 Å². The van der Waals surface area contributed by atoms with Crippen LogP contribution in [0.5, 0.6) is 0 Å². The fraction of sp³-hybridized carbons (Fsp3) is 0.143. The molecule has 0 spiro atoms. The van der Waals surface area contributed by atoms with Crippen LogP contribution >= 0.6 is 34.8 Å². The maximum absolute atomic E-state index is 12.5. The van der Waals surface area contributed by atoms with Crippen LogP contribution in [0.1, 0.15) is 22.1 Å². The maximum atomic E-state index is 12.5. The zero-order valence-corrected chi connectivity index (χ0v) is 12.2. The molecule has 0 heterocycles. The number of hydrogen-bond donors (Lipinski definition) is 0. The van der Waals surface area contributed by atoms with Crippen molar-refractivity contribution in [1.82, 2.24) is 0 Å². The van der Waals surface area contributed by atoms with Crippen LogP contribution < -0.4 is 0 Å². The molecule has 20 heavy (non-hydrogen) atoms. The molecule has 0 radical (unpaired) electrons. The number of benzene rings is 2. The third-order valence-electron chi connectivity index (χ3n) is 2.77.